The van der Waals surface area contributed by atoms with Crippen molar-refractivity contribution in [3.05, 3.63) is 17.7 Å². The second kappa shape index (κ2) is 7.01. The van der Waals surface area contributed by atoms with Crippen LogP contribution in [-0.4, -0.2) is 27.4 Å². The van der Waals surface area contributed by atoms with E-state index in [0.29, 0.717) is 24.7 Å². The predicted molar refractivity (Wildman–Crippen MR) is 68.1 cm³/mol. The van der Waals surface area contributed by atoms with Crippen molar-refractivity contribution in [3.8, 4) is 17.2 Å². The largest absolute Gasteiger partial charge is 0.493 e. The fraction of sp³-hybridized carbons (Fsp3) is 0.538. The van der Waals surface area contributed by atoms with Crippen molar-refractivity contribution in [2.45, 2.75) is 19.8 Å². The molecule has 0 aliphatic heterocycles. The van der Waals surface area contributed by atoms with Gasteiger partial charge in [0.25, 0.3) is 0 Å². The third-order valence-electron chi connectivity index (χ3n) is 2.40. The number of nitrogens with two attached hydrogens (primary N) is 1. The van der Waals surface area contributed by atoms with Gasteiger partial charge in [-0.1, -0.05) is 6.92 Å². The average molecular weight is 239 g/mol. The van der Waals surface area contributed by atoms with E-state index in [4.69, 9.17) is 19.9 Å². The van der Waals surface area contributed by atoms with Crippen molar-refractivity contribution < 1.29 is 14.2 Å². The van der Waals surface area contributed by atoms with Gasteiger partial charge in [-0.2, -0.15) is 0 Å². The van der Waals surface area contributed by atoms with Crippen molar-refractivity contribution in [1.82, 2.24) is 0 Å². The van der Waals surface area contributed by atoms with Gasteiger partial charge in [0.1, 0.15) is 0 Å². The Kier molecular flexibility index (Phi) is 5.63. The molecule has 96 valence electrons. The van der Waals surface area contributed by atoms with E-state index in [1.54, 1.807) is 14.2 Å². The molecule has 1 rings (SSSR count). The van der Waals surface area contributed by atoms with E-state index in [2.05, 4.69) is 6.92 Å². The summed E-state index contributed by atoms with van der Waals surface area (Å²) >= 11 is 0. The summed E-state index contributed by atoms with van der Waals surface area (Å²) < 4.78 is 16.3. The number of ether oxygens (including phenoxy) is 3. The minimum absolute atomic E-state index is 0.600. The van der Waals surface area contributed by atoms with Crippen LogP contribution < -0.4 is 19.9 Å². The lowest BCUT2D eigenvalue weighted by Gasteiger charge is -2.15. The molecule has 0 saturated heterocycles. The highest BCUT2D eigenvalue weighted by molar-refractivity contribution is 5.53. The van der Waals surface area contributed by atoms with Crippen molar-refractivity contribution in [2.75, 3.05) is 27.4 Å². The average Bonchev–Trinajstić information content (AvgIpc) is 2.35. The summed E-state index contributed by atoms with van der Waals surface area (Å²) in [5, 5.41) is 0. The fourth-order valence-corrected chi connectivity index (χ4v) is 1.61. The third kappa shape index (κ3) is 3.53. The Labute approximate surface area is 103 Å². The molecule has 2 N–H and O–H groups in total. The standard InChI is InChI=1S/C13H21NO3/c1-4-7-17-12-9-10(5-6-14)8-11(15-2)13(12)16-3/h8-9H,4-7,14H2,1-3H3. The molecular formula is C13H21NO3. The molecule has 0 atom stereocenters. The van der Waals surface area contributed by atoms with E-state index < -0.39 is 0 Å². The summed E-state index contributed by atoms with van der Waals surface area (Å²) in [6, 6.07) is 3.90. The van der Waals surface area contributed by atoms with Crippen LogP contribution in [0.3, 0.4) is 0 Å². The van der Waals surface area contributed by atoms with Crippen LogP contribution in [-0.2, 0) is 6.42 Å². The van der Waals surface area contributed by atoms with Crippen molar-refractivity contribution in [2.24, 2.45) is 5.73 Å². The van der Waals surface area contributed by atoms with Crippen LogP contribution in [0.5, 0.6) is 17.2 Å². The topological polar surface area (TPSA) is 53.7 Å². The predicted octanol–water partition coefficient (Wildman–Crippen LogP) is 1.99. The minimum atomic E-state index is 0.600. The molecule has 4 nitrogen and oxygen atoms in total. The summed E-state index contributed by atoms with van der Waals surface area (Å²) in [6.07, 6.45) is 1.75. The second-order valence-corrected chi connectivity index (χ2v) is 3.72. The Morgan fingerprint density at radius 3 is 2.35 bits per heavy atom. The highest BCUT2D eigenvalue weighted by Gasteiger charge is 2.13. The maximum atomic E-state index is 5.66. The normalized spacial score (nSPS) is 10.1. The van der Waals surface area contributed by atoms with E-state index in [9.17, 15) is 0 Å². The summed E-state index contributed by atoms with van der Waals surface area (Å²) in [4.78, 5) is 0. The van der Waals surface area contributed by atoms with Gasteiger partial charge in [0.05, 0.1) is 20.8 Å². The van der Waals surface area contributed by atoms with Crippen LogP contribution in [0.2, 0.25) is 0 Å². The smallest absolute Gasteiger partial charge is 0.203 e. The molecule has 0 saturated carbocycles. The van der Waals surface area contributed by atoms with Crippen LogP contribution in [0, 0.1) is 0 Å². The Morgan fingerprint density at radius 2 is 1.82 bits per heavy atom. The van der Waals surface area contributed by atoms with Gasteiger partial charge in [-0.25, -0.2) is 0 Å². The Morgan fingerprint density at radius 1 is 1.12 bits per heavy atom. The Bertz CT molecular complexity index is 353. The van der Waals surface area contributed by atoms with Gasteiger partial charge < -0.3 is 19.9 Å². The minimum Gasteiger partial charge on any atom is -0.493 e. The zero-order valence-corrected chi connectivity index (χ0v) is 10.8. The van der Waals surface area contributed by atoms with Gasteiger partial charge >= 0.3 is 0 Å². The summed E-state index contributed by atoms with van der Waals surface area (Å²) in [5.74, 6) is 2.04. The number of rotatable bonds is 7. The summed E-state index contributed by atoms with van der Waals surface area (Å²) in [5.41, 5.74) is 6.65. The zero-order valence-electron chi connectivity index (χ0n) is 10.8. The van der Waals surface area contributed by atoms with Crippen LogP contribution in [0.4, 0.5) is 0 Å². The first-order valence-corrected chi connectivity index (χ1v) is 5.84. The number of hydrogen-bond donors (Lipinski definition) is 1. The van der Waals surface area contributed by atoms with Crippen molar-refractivity contribution >= 4 is 0 Å². The molecular weight excluding hydrogens is 218 g/mol. The molecule has 0 unspecified atom stereocenters. The number of hydrogen-bond acceptors (Lipinski definition) is 4. The first kappa shape index (κ1) is 13.6. The van der Waals surface area contributed by atoms with Gasteiger partial charge in [-0.15, -0.1) is 0 Å². The SMILES string of the molecule is CCCOc1cc(CCN)cc(OC)c1OC. The quantitative estimate of drug-likeness (QED) is 0.790. The van der Waals surface area contributed by atoms with Crippen LogP contribution >= 0.6 is 0 Å². The zero-order chi connectivity index (χ0) is 12.7. The van der Waals surface area contributed by atoms with Gasteiger partial charge in [0.2, 0.25) is 5.75 Å². The molecule has 0 spiro atoms. The molecule has 17 heavy (non-hydrogen) atoms. The van der Waals surface area contributed by atoms with Crippen molar-refractivity contribution in [1.29, 1.82) is 0 Å². The number of benzene rings is 1. The fourth-order valence-electron chi connectivity index (χ4n) is 1.61. The molecule has 0 fully saturated rings. The summed E-state index contributed by atoms with van der Waals surface area (Å²) in [6.45, 7) is 3.32. The van der Waals surface area contributed by atoms with Gasteiger partial charge in [-0.3, -0.25) is 0 Å². The molecule has 0 aromatic heterocycles. The molecule has 1 aromatic carbocycles. The highest BCUT2D eigenvalue weighted by Crippen LogP contribution is 2.38. The van der Waals surface area contributed by atoms with E-state index in [1.807, 2.05) is 12.1 Å². The van der Waals surface area contributed by atoms with E-state index in [-0.39, 0.29) is 0 Å². The molecule has 0 bridgehead atoms. The number of methoxy groups -OCH3 is 2. The third-order valence-corrected chi connectivity index (χ3v) is 2.40. The van der Waals surface area contributed by atoms with E-state index in [1.165, 1.54) is 0 Å². The lowest BCUT2D eigenvalue weighted by Crippen LogP contribution is -2.05. The van der Waals surface area contributed by atoms with Crippen molar-refractivity contribution in [3.63, 3.8) is 0 Å². The van der Waals surface area contributed by atoms with Gasteiger partial charge in [0, 0.05) is 0 Å². The molecule has 0 amide bonds. The molecule has 1 aromatic rings. The van der Waals surface area contributed by atoms with Gasteiger partial charge in [0.15, 0.2) is 11.5 Å². The lowest BCUT2D eigenvalue weighted by atomic mass is 10.1. The molecule has 4 heteroatoms. The first-order chi connectivity index (χ1) is 8.26. The monoisotopic (exact) mass is 239 g/mol. The first-order valence-electron chi connectivity index (χ1n) is 5.84. The molecule has 0 heterocycles. The second-order valence-electron chi connectivity index (χ2n) is 3.72. The Hall–Kier alpha value is -1.42. The highest BCUT2D eigenvalue weighted by atomic mass is 16.5. The van der Waals surface area contributed by atoms with Crippen LogP contribution in [0.1, 0.15) is 18.9 Å². The van der Waals surface area contributed by atoms with Crippen LogP contribution in [0.15, 0.2) is 12.1 Å². The maximum absolute atomic E-state index is 5.66. The Balaban J connectivity index is 3.07. The molecule has 0 radical (unpaired) electrons. The van der Waals surface area contributed by atoms with Crippen LogP contribution in [0.25, 0.3) is 0 Å². The van der Waals surface area contributed by atoms with Gasteiger partial charge in [-0.05, 0) is 37.1 Å². The molecule has 0 aliphatic carbocycles. The van der Waals surface area contributed by atoms with E-state index >= 15 is 0 Å². The maximum Gasteiger partial charge on any atom is 0.203 e. The molecule has 0 aliphatic rings. The lowest BCUT2D eigenvalue weighted by molar-refractivity contribution is 0.283. The summed E-state index contributed by atoms with van der Waals surface area (Å²) in [7, 11) is 3.23. The van der Waals surface area contributed by atoms with E-state index in [0.717, 1.165) is 24.2 Å².